The molecule has 3 rings (SSSR count). The Hall–Kier alpha value is -0.710. The van der Waals surface area contributed by atoms with Gasteiger partial charge in [-0.15, -0.1) is 0 Å². The largest absolute Gasteiger partial charge is 0.342 e. The molecule has 92 valence electrons. The van der Waals surface area contributed by atoms with Crippen molar-refractivity contribution >= 4 is 39.7 Å². The fraction of sp³-hybridized carbons (Fsp3) is 0.231. The molecule has 1 heterocycles. The van der Waals surface area contributed by atoms with Gasteiger partial charge in [0.25, 0.3) is 0 Å². The normalized spacial score (nSPS) is 14.8. The van der Waals surface area contributed by atoms with E-state index in [1.165, 1.54) is 12.8 Å². The van der Waals surface area contributed by atoms with Gasteiger partial charge in [-0.05, 0) is 40.9 Å². The van der Waals surface area contributed by atoms with Gasteiger partial charge in [-0.2, -0.15) is 0 Å². The predicted molar refractivity (Wildman–Crippen MR) is 79.5 cm³/mol. The number of hydrogen-bond donors (Lipinski definition) is 1. The molecule has 1 aromatic heterocycles. The van der Waals surface area contributed by atoms with Gasteiger partial charge in [-0.1, -0.05) is 36.0 Å². The first-order chi connectivity index (χ1) is 8.66. The molecule has 0 atom stereocenters. The molecule has 0 unspecified atom stereocenters. The molecule has 2 aromatic rings. The highest BCUT2D eigenvalue weighted by atomic mass is 79.9. The Kier molecular flexibility index (Phi) is 3.26. The van der Waals surface area contributed by atoms with Gasteiger partial charge in [0, 0.05) is 17.2 Å². The number of rotatable bonds is 2. The lowest BCUT2D eigenvalue weighted by atomic mass is 10.2. The van der Waals surface area contributed by atoms with Crippen LogP contribution >= 0.6 is 39.7 Å². The maximum Gasteiger partial charge on any atom is 0.144 e. The van der Waals surface area contributed by atoms with Crippen LogP contribution in [0.5, 0.6) is 0 Å². The minimum absolute atomic E-state index is 0.574. The zero-order valence-corrected chi connectivity index (χ0v) is 12.6. The zero-order valence-electron chi connectivity index (χ0n) is 9.41. The van der Waals surface area contributed by atoms with Gasteiger partial charge in [0.15, 0.2) is 0 Å². The van der Waals surface area contributed by atoms with E-state index in [-0.39, 0.29) is 0 Å². The number of halogens is 2. The molecule has 0 bridgehead atoms. The molecule has 2 nitrogen and oxygen atoms in total. The number of H-pyrrole nitrogens is 1. The maximum absolute atomic E-state index is 6.19. The van der Waals surface area contributed by atoms with Crippen LogP contribution in [0.2, 0.25) is 5.02 Å². The number of hydrogen-bond acceptors (Lipinski definition) is 2. The van der Waals surface area contributed by atoms with E-state index in [1.807, 2.05) is 24.3 Å². The Balaban J connectivity index is 2.19. The van der Waals surface area contributed by atoms with E-state index in [0.29, 0.717) is 15.6 Å². The van der Waals surface area contributed by atoms with Crippen molar-refractivity contribution in [1.82, 2.24) is 9.97 Å². The summed E-state index contributed by atoms with van der Waals surface area (Å²) < 4.78 is 1.50. The third kappa shape index (κ3) is 2.25. The Morgan fingerprint density at radius 2 is 2.06 bits per heavy atom. The van der Waals surface area contributed by atoms with Crippen LogP contribution in [0.4, 0.5) is 0 Å². The predicted octanol–water partition coefficient (Wildman–Crippen LogP) is 5.10. The zero-order chi connectivity index (χ0) is 12.7. The number of nitrogens with one attached hydrogen (secondary N) is 1. The van der Waals surface area contributed by atoms with Crippen LogP contribution in [0.1, 0.15) is 24.5 Å². The third-order valence-corrected chi connectivity index (χ3v) is 4.70. The molecule has 0 amide bonds. The highest BCUT2D eigenvalue weighted by Crippen LogP contribution is 2.43. The molecule has 1 fully saturated rings. The van der Waals surface area contributed by atoms with Crippen LogP contribution in [-0.2, 0) is 0 Å². The molecule has 0 aliphatic heterocycles. The maximum atomic E-state index is 6.19. The van der Waals surface area contributed by atoms with Gasteiger partial charge < -0.3 is 4.98 Å². The van der Waals surface area contributed by atoms with Crippen LogP contribution < -0.4 is 0 Å². The van der Waals surface area contributed by atoms with Gasteiger partial charge >= 0.3 is 0 Å². The van der Waals surface area contributed by atoms with E-state index in [9.17, 15) is 0 Å². The molecule has 1 aliphatic rings. The number of aromatic amines is 1. The van der Waals surface area contributed by atoms with Crippen LogP contribution in [0.15, 0.2) is 28.7 Å². The first kappa shape index (κ1) is 12.3. The van der Waals surface area contributed by atoms with E-state index in [2.05, 4.69) is 25.9 Å². The van der Waals surface area contributed by atoms with Crippen molar-refractivity contribution in [3.63, 3.8) is 0 Å². The summed E-state index contributed by atoms with van der Waals surface area (Å²) in [6, 6.07) is 7.65. The average Bonchev–Trinajstić information content (AvgIpc) is 3.17. The minimum atomic E-state index is 0.574. The van der Waals surface area contributed by atoms with Crippen LogP contribution in [-0.4, -0.2) is 9.97 Å². The van der Waals surface area contributed by atoms with E-state index < -0.39 is 0 Å². The molecular weight excluding hydrogens is 332 g/mol. The fourth-order valence-corrected chi connectivity index (χ4v) is 2.85. The summed E-state index contributed by atoms with van der Waals surface area (Å²) >= 11 is 15.0. The van der Waals surface area contributed by atoms with E-state index >= 15 is 0 Å². The van der Waals surface area contributed by atoms with Gasteiger partial charge in [-0.25, -0.2) is 4.98 Å². The summed E-state index contributed by atoms with van der Waals surface area (Å²) in [5.41, 5.74) is 2.03. The lowest BCUT2D eigenvalue weighted by molar-refractivity contribution is 0.973. The molecule has 18 heavy (non-hydrogen) atoms. The SMILES string of the molecule is S=c1nc(-c2ccccc2Cl)[nH]c(C2CC2)c1Br. The second-order valence-corrected chi connectivity index (χ2v) is 5.96. The van der Waals surface area contributed by atoms with Crippen molar-refractivity contribution in [3.05, 3.63) is 44.1 Å². The van der Waals surface area contributed by atoms with Crippen molar-refractivity contribution in [1.29, 1.82) is 0 Å². The van der Waals surface area contributed by atoms with Gasteiger partial charge in [0.2, 0.25) is 0 Å². The monoisotopic (exact) mass is 340 g/mol. The first-order valence-corrected chi connectivity index (χ1v) is 7.29. The van der Waals surface area contributed by atoms with Crippen molar-refractivity contribution in [3.8, 4) is 11.4 Å². The van der Waals surface area contributed by atoms with Gasteiger partial charge in [0.05, 0.1) is 9.50 Å². The standard InChI is InChI=1S/C13H10BrClN2S/c14-10-11(7-5-6-7)16-12(17-13(10)18)8-3-1-2-4-9(8)15/h1-4,7H,5-6H2,(H,16,17,18). The summed E-state index contributed by atoms with van der Waals surface area (Å²) in [6.45, 7) is 0. The van der Waals surface area contributed by atoms with Crippen LogP contribution in [0.25, 0.3) is 11.4 Å². The number of nitrogens with zero attached hydrogens (tertiary/aromatic N) is 1. The lowest BCUT2D eigenvalue weighted by Gasteiger charge is -2.08. The average molecular weight is 342 g/mol. The van der Waals surface area contributed by atoms with Crippen molar-refractivity contribution in [2.24, 2.45) is 0 Å². The van der Waals surface area contributed by atoms with Crippen molar-refractivity contribution < 1.29 is 0 Å². The Morgan fingerprint density at radius 1 is 1.33 bits per heavy atom. The Morgan fingerprint density at radius 3 is 2.72 bits per heavy atom. The Bertz CT molecular complexity index is 664. The molecule has 1 N–H and O–H groups in total. The molecule has 0 spiro atoms. The molecular formula is C13H10BrClN2S. The van der Waals surface area contributed by atoms with Crippen molar-refractivity contribution in [2.45, 2.75) is 18.8 Å². The van der Waals surface area contributed by atoms with E-state index in [0.717, 1.165) is 21.6 Å². The highest BCUT2D eigenvalue weighted by molar-refractivity contribution is 9.10. The van der Waals surface area contributed by atoms with E-state index in [1.54, 1.807) is 0 Å². The second-order valence-electron chi connectivity index (χ2n) is 4.37. The molecule has 0 radical (unpaired) electrons. The summed E-state index contributed by atoms with van der Waals surface area (Å²) in [6.07, 6.45) is 2.41. The second kappa shape index (κ2) is 4.76. The highest BCUT2D eigenvalue weighted by Gasteiger charge is 2.27. The molecule has 5 heteroatoms. The molecule has 1 saturated carbocycles. The molecule has 0 saturated heterocycles. The molecule has 1 aromatic carbocycles. The van der Waals surface area contributed by atoms with Gasteiger partial charge in [0.1, 0.15) is 10.5 Å². The third-order valence-electron chi connectivity index (χ3n) is 3.01. The smallest absolute Gasteiger partial charge is 0.144 e. The van der Waals surface area contributed by atoms with Gasteiger partial charge in [-0.3, -0.25) is 0 Å². The first-order valence-electron chi connectivity index (χ1n) is 5.71. The summed E-state index contributed by atoms with van der Waals surface area (Å²) in [4.78, 5) is 7.77. The summed E-state index contributed by atoms with van der Waals surface area (Å²) in [7, 11) is 0. The topological polar surface area (TPSA) is 28.7 Å². The minimum Gasteiger partial charge on any atom is -0.342 e. The summed E-state index contributed by atoms with van der Waals surface area (Å²) in [5, 5.41) is 0.680. The Labute approximate surface area is 124 Å². The summed E-state index contributed by atoms with van der Waals surface area (Å²) in [5.74, 6) is 1.32. The number of aromatic nitrogens is 2. The fourth-order valence-electron chi connectivity index (χ4n) is 1.91. The lowest BCUT2D eigenvalue weighted by Crippen LogP contribution is -1.97. The molecule has 1 aliphatic carbocycles. The van der Waals surface area contributed by atoms with E-state index in [4.69, 9.17) is 23.8 Å². The quantitative estimate of drug-likeness (QED) is 0.770. The van der Waals surface area contributed by atoms with Crippen molar-refractivity contribution in [2.75, 3.05) is 0 Å². The van der Waals surface area contributed by atoms with Crippen LogP contribution in [0.3, 0.4) is 0 Å². The number of benzene rings is 1. The van der Waals surface area contributed by atoms with Crippen LogP contribution in [0, 0.1) is 4.64 Å².